The zero-order chi connectivity index (χ0) is 17.7. The van der Waals surface area contributed by atoms with Gasteiger partial charge in [-0.2, -0.15) is 0 Å². The van der Waals surface area contributed by atoms with Crippen molar-refractivity contribution in [2.24, 2.45) is 10.9 Å². The molecule has 0 aliphatic heterocycles. The third kappa shape index (κ3) is 4.46. The van der Waals surface area contributed by atoms with Crippen molar-refractivity contribution in [1.29, 1.82) is 0 Å². The number of pyridine rings is 1. The predicted octanol–water partition coefficient (Wildman–Crippen LogP) is 3.41. The van der Waals surface area contributed by atoms with E-state index in [-0.39, 0.29) is 11.6 Å². The highest BCUT2D eigenvalue weighted by molar-refractivity contribution is 9.10. The number of aromatic nitrogens is 1. The Morgan fingerprint density at radius 3 is 2.79 bits per heavy atom. The van der Waals surface area contributed by atoms with Gasteiger partial charge in [0, 0.05) is 10.6 Å². The summed E-state index contributed by atoms with van der Waals surface area (Å²) < 4.78 is 5.78. The fourth-order valence-electron chi connectivity index (χ4n) is 1.82. The van der Waals surface area contributed by atoms with E-state index < -0.39 is 6.10 Å². The van der Waals surface area contributed by atoms with Crippen molar-refractivity contribution in [1.82, 2.24) is 4.98 Å². The molecule has 8 heteroatoms. The highest BCUT2D eigenvalue weighted by atomic mass is 79.9. The third-order valence-electron chi connectivity index (χ3n) is 3.06. The van der Waals surface area contributed by atoms with E-state index in [2.05, 4.69) is 26.1 Å². The molecule has 0 saturated heterocycles. The van der Waals surface area contributed by atoms with Crippen molar-refractivity contribution in [3.05, 3.63) is 57.2 Å². The number of nitrogens with zero attached hydrogens (tertiary/aromatic N) is 2. The van der Waals surface area contributed by atoms with Crippen LogP contribution in [0.25, 0.3) is 0 Å². The zero-order valence-corrected chi connectivity index (χ0v) is 15.3. The Morgan fingerprint density at radius 1 is 1.38 bits per heavy atom. The predicted molar refractivity (Wildman–Crippen MR) is 95.5 cm³/mol. The average molecular weight is 413 g/mol. The number of nitrogens with two attached hydrogens (primary N) is 1. The monoisotopic (exact) mass is 411 g/mol. The van der Waals surface area contributed by atoms with Crippen LogP contribution in [0.3, 0.4) is 0 Å². The van der Waals surface area contributed by atoms with E-state index >= 15 is 0 Å². The fourth-order valence-corrected chi connectivity index (χ4v) is 2.39. The highest BCUT2D eigenvalue weighted by Gasteiger charge is 2.17. The molecule has 2 N–H and O–H groups in total. The summed E-state index contributed by atoms with van der Waals surface area (Å²) >= 11 is 9.18. The van der Waals surface area contributed by atoms with Crippen molar-refractivity contribution in [3.63, 3.8) is 0 Å². The maximum Gasteiger partial charge on any atom is 0.228 e. The maximum atomic E-state index is 12.3. The van der Waals surface area contributed by atoms with E-state index in [9.17, 15) is 4.79 Å². The lowest BCUT2D eigenvalue weighted by Gasteiger charge is -2.10. The molecule has 1 atom stereocenters. The lowest BCUT2D eigenvalue weighted by molar-refractivity contribution is 0.0502. The van der Waals surface area contributed by atoms with Gasteiger partial charge < -0.3 is 15.3 Å². The number of oxime groups is 1. The molecule has 1 aromatic carbocycles. The van der Waals surface area contributed by atoms with Gasteiger partial charge in [0.2, 0.25) is 11.7 Å². The van der Waals surface area contributed by atoms with Gasteiger partial charge in [-0.1, -0.05) is 28.9 Å². The number of carbonyl (C=O) groups excluding carboxylic acids is 1. The second-order valence-corrected chi connectivity index (χ2v) is 6.08. The Hall–Kier alpha value is -2.12. The summed E-state index contributed by atoms with van der Waals surface area (Å²) in [5.74, 6) is 0.149. The molecule has 0 saturated carbocycles. The van der Waals surface area contributed by atoms with E-state index in [1.54, 1.807) is 43.3 Å². The van der Waals surface area contributed by atoms with Crippen LogP contribution in [-0.2, 0) is 4.84 Å². The minimum absolute atomic E-state index is 0.0338. The van der Waals surface area contributed by atoms with Crippen LogP contribution in [-0.4, -0.2) is 29.8 Å². The Bertz CT molecular complexity index is 783. The Balaban J connectivity index is 2.10. The van der Waals surface area contributed by atoms with Gasteiger partial charge in [0.25, 0.3) is 0 Å². The third-order valence-corrected chi connectivity index (χ3v) is 3.90. The molecule has 2 aromatic rings. The number of Topliss-reactive ketones (excluding diaryl/α,β-unsaturated/α-hetero) is 1. The maximum absolute atomic E-state index is 12.3. The Morgan fingerprint density at radius 2 is 2.12 bits per heavy atom. The molecular formula is C16H15BrClN3O3. The Kier molecular flexibility index (Phi) is 6.16. The first-order valence-electron chi connectivity index (χ1n) is 6.92. The molecule has 126 valence electrons. The van der Waals surface area contributed by atoms with Crippen LogP contribution in [0.1, 0.15) is 23.0 Å². The number of carbonyl (C=O) groups is 1. The summed E-state index contributed by atoms with van der Waals surface area (Å²) in [4.78, 5) is 21.6. The molecule has 0 radical (unpaired) electrons. The van der Waals surface area contributed by atoms with E-state index in [4.69, 9.17) is 26.9 Å². The molecule has 0 aliphatic carbocycles. The lowest BCUT2D eigenvalue weighted by atomic mass is 10.1. The summed E-state index contributed by atoms with van der Waals surface area (Å²) in [6.07, 6.45) is -0.820. The van der Waals surface area contributed by atoms with Crippen molar-refractivity contribution in [2.75, 3.05) is 7.11 Å². The first-order valence-corrected chi connectivity index (χ1v) is 8.09. The minimum atomic E-state index is -0.820. The molecule has 24 heavy (non-hydrogen) atoms. The van der Waals surface area contributed by atoms with Crippen LogP contribution in [0, 0.1) is 0 Å². The van der Waals surface area contributed by atoms with E-state index in [1.165, 1.54) is 7.11 Å². The number of rotatable bonds is 6. The summed E-state index contributed by atoms with van der Waals surface area (Å²) in [5, 5.41) is 4.25. The standard InChI is InChI=1S/C16H15BrClN3O3/c1-9(14(22)10-4-3-5-11(18)8-10)24-21-15(19)13-7-6-12(17)16(20-13)23-2/h3-9H,1-2H3,(H2,19,21). The van der Waals surface area contributed by atoms with Gasteiger partial charge in [-0.05, 0) is 47.1 Å². The van der Waals surface area contributed by atoms with Gasteiger partial charge in [-0.25, -0.2) is 4.98 Å². The van der Waals surface area contributed by atoms with Gasteiger partial charge in [0.05, 0.1) is 11.6 Å². The van der Waals surface area contributed by atoms with Crippen molar-refractivity contribution in [2.45, 2.75) is 13.0 Å². The molecule has 1 aromatic heterocycles. The average Bonchev–Trinajstić information content (AvgIpc) is 2.59. The topological polar surface area (TPSA) is 86.8 Å². The van der Waals surface area contributed by atoms with Crippen molar-refractivity contribution in [3.8, 4) is 5.88 Å². The van der Waals surface area contributed by atoms with Gasteiger partial charge in [-0.3, -0.25) is 4.79 Å². The molecule has 1 unspecified atom stereocenters. The largest absolute Gasteiger partial charge is 0.480 e. The van der Waals surface area contributed by atoms with Crippen LogP contribution < -0.4 is 10.5 Å². The molecule has 0 fully saturated rings. The summed E-state index contributed by atoms with van der Waals surface area (Å²) in [6.45, 7) is 1.58. The molecule has 1 heterocycles. The number of hydrogen-bond donors (Lipinski definition) is 1. The van der Waals surface area contributed by atoms with Crippen LogP contribution >= 0.6 is 27.5 Å². The molecule has 6 nitrogen and oxygen atoms in total. The van der Waals surface area contributed by atoms with E-state index in [0.717, 1.165) is 0 Å². The molecule has 2 rings (SSSR count). The van der Waals surface area contributed by atoms with E-state index in [0.29, 0.717) is 26.6 Å². The van der Waals surface area contributed by atoms with Crippen LogP contribution in [0.5, 0.6) is 5.88 Å². The van der Waals surface area contributed by atoms with Gasteiger partial charge in [-0.15, -0.1) is 0 Å². The van der Waals surface area contributed by atoms with Crippen molar-refractivity contribution < 1.29 is 14.4 Å². The molecule has 0 amide bonds. The summed E-state index contributed by atoms with van der Waals surface area (Å²) in [5.41, 5.74) is 6.65. The highest BCUT2D eigenvalue weighted by Crippen LogP contribution is 2.22. The fraction of sp³-hybridized carbons (Fsp3) is 0.188. The number of methoxy groups -OCH3 is 1. The van der Waals surface area contributed by atoms with Gasteiger partial charge in [0.1, 0.15) is 5.69 Å². The normalized spacial score (nSPS) is 12.6. The number of ether oxygens (including phenoxy) is 1. The quantitative estimate of drug-likeness (QED) is 0.340. The van der Waals surface area contributed by atoms with Crippen LogP contribution in [0.2, 0.25) is 5.02 Å². The van der Waals surface area contributed by atoms with E-state index in [1.807, 2.05) is 0 Å². The Labute approximate surface area is 152 Å². The molecular weight excluding hydrogens is 398 g/mol. The number of amidine groups is 1. The van der Waals surface area contributed by atoms with Gasteiger partial charge in [0.15, 0.2) is 11.9 Å². The molecule has 0 spiro atoms. The van der Waals surface area contributed by atoms with Crippen LogP contribution in [0.4, 0.5) is 0 Å². The zero-order valence-electron chi connectivity index (χ0n) is 13.0. The van der Waals surface area contributed by atoms with Gasteiger partial charge >= 0.3 is 0 Å². The number of halogens is 2. The van der Waals surface area contributed by atoms with Crippen molar-refractivity contribution >= 4 is 39.1 Å². The first kappa shape index (κ1) is 18.2. The minimum Gasteiger partial charge on any atom is -0.480 e. The lowest BCUT2D eigenvalue weighted by Crippen LogP contribution is -2.22. The second-order valence-electron chi connectivity index (χ2n) is 4.79. The number of ketones is 1. The number of hydrogen-bond acceptors (Lipinski definition) is 5. The molecule has 0 bridgehead atoms. The SMILES string of the molecule is COc1nc(/C(N)=N/OC(C)C(=O)c2cccc(Cl)c2)ccc1Br. The number of benzene rings is 1. The smallest absolute Gasteiger partial charge is 0.228 e. The summed E-state index contributed by atoms with van der Waals surface area (Å²) in [7, 11) is 1.49. The molecule has 0 aliphatic rings. The first-order chi connectivity index (χ1) is 11.4. The second kappa shape index (κ2) is 8.12. The summed E-state index contributed by atoms with van der Waals surface area (Å²) in [6, 6.07) is 9.98. The van der Waals surface area contributed by atoms with Crippen LogP contribution in [0.15, 0.2) is 46.0 Å².